The Hall–Kier alpha value is -0.730. The Kier molecular flexibility index (Phi) is 5.97. The predicted octanol–water partition coefficient (Wildman–Crippen LogP) is 4.58. The first-order chi connectivity index (χ1) is 8.20. The molecular formula is C14H14Cl3N. The van der Waals surface area contributed by atoms with Gasteiger partial charge in [0.2, 0.25) is 0 Å². The molecule has 2 aromatic carbocycles. The molecule has 0 saturated heterocycles. The zero-order valence-electron chi connectivity index (χ0n) is 9.70. The molecule has 96 valence electrons. The summed E-state index contributed by atoms with van der Waals surface area (Å²) in [5.41, 5.74) is 8.96. The first kappa shape index (κ1) is 15.3. The lowest BCUT2D eigenvalue weighted by molar-refractivity contribution is 0.969. The summed E-state index contributed by atoms with van der Waals surface area (Å²) in [7, 11) is 0. The summed E-state index contributed by atoms with van der Waals surface area (Å²) in [5.74, 6) is 0. The average Bonchev–Trinajstić information content (AvgIpc) is 2.34. The number of rotatable bonds is 3. The molecule has 0 aliphatic heterocycles. The summed E-state index contributed by atoms with van der Waals surface area (Å²) in [6.07, 6.45) is 0.904. The van der Waals surface area contributed by atoms with Gasteiger partial charge in [-0.05, 0) is 41.8 Å². The van der Waals surface area contributed by atoms with E-state index in [1.54, 1.807) is 0 Å². The Morgan fingerprint density at radius 3 is 2.00 bits per heavy atom. The van der Waals surface area contributed by atoms with E-state index in [0.717, 1.165) is 17.5 Å². The third kappa shape index (κ3) is 3.63. The number of benzene rings is 2. The topological polar surface area (TPSA) is 26.0 Å². The van der Waals surface area contributed by atoms with Crippen LogP contribution in [0.4, 0.5) is 0 Å². The highest BCUT2D eigenvalue weighted by Crippen LogP contribution is 2.28. The van der Waals surface area contributed by atoms with Crippen molar-refractivity contribution in [2.75, 3.05) is 6.54 Å². The Balaban J connectivity index is 0.00000162. The van der Waals surface area contributed by atoms with Crippen molar-refractivity contribution in [2.24, 2.45) is 5.73 Å². The molecule has 18 heavy (non-hydrogen) atoms. The minimum absolute atomic E-state index is 0. The Morgan fingerprint density at radius 2 is 1.44 bits per heavy atom. The fourth-order valence-electron chi connectivity index (χ4n) is 1.71. The minimum atomic E-state index is 0. The molecule has 4 heteroatoms. The fraction of sp³-hybridized carbons (Fsp3) is 0.143. The van der Waals surface area contributed by atoms with Crippen LogP contribution in [0.2, 0.25) is 10.0 Å². The van der Waals surface area contributed by atoms with Crippen LogP contribution in [0.15, 0.2) is 42.5 Å². The van der Waals surface area contributed by atoms with Gasteiger partial charge in [0.25, 0.3) is 0 Å². The third-order valence-electron chi connectivity index (χ3n) is 2.64. The Bertz CT molecular complexity index is 509. The molecule has 1 nitrogen and oxygen atoms in total. The molecule has 2 N–H and O–H groups in total. The quantitative estimate of drug-likeness (QED) is 0.882. The molecule has 2 rings (SSSR count). The van der Waals surface area contributed by atoms with Crippen molar-refractivity contribution in [3.05, 3.63) is 58.1 Å². The predicted molar refractivity (Wildman–Crippen MR) is 81.9 cm³/mol. The monoisotopic (exact) mass is 301 g/mol. The summed E-state index contributed by atoms with van der Waals surface area (Å²) in [4.78, 5) is 0. The van der Waals surface area contributed by atoms with Crippen molar-refractivity contribution in [1.82, 2.24) is 0 Å². The zero-order valence-corrected chi connectivity index (χ0v) is 12.0. The van der Waals surface area contributed by atoms with Crippen LogP contribution in [0.1, 0.15) is 5.56 Å². The van der Waals surface area contributed by atoms with Crippen LogP contribution >= 0.6 is 35.6 Å². The molecule has 0 aliphatic rings. The van der Waals surface area contributed by atoms with Crippen LogP contribution in [-0.4, -0.2) is 6.54 Å². The summed E-state index contributed by atoms with van der Waals surface area (Å²) in [6, 6.07) is 14.0. The first-order valence-electron chi connectivity index (χ1n) is 5.45. The molecule has 0 fully saturated rings. The van der Waals surface area contributed by atoms with Gasteiger partial charge in [0, 0.05) is 0 Å². The summed E-state index contributed by atoms with van der Waals surface area (Å²) in [5, 5.41) is 1.16. The van der Waals surface area contributed by atoms with E-state index >= 15 is 0 Å². The Morgan fingerprint density at radius 1 is 0.833 bits per heavy atom. The minimum Gasteiger partial charge on any atom is -0.330 e. The standard InChI is InChI=1S/C14H13Cl2N.ClH/c15-13-6-5-12(9-14(13)16)11-3-1-10(2-4-11)7-8-17;/h1-6,9H,7-8,17H2;1H. The fourth-order valence-corrected chi connectivity index (χ4v) is 2.00. The van der Waals surface area contributed by atoms with E-state index in [1.807, 2.05) is 18.2 Å². The Labute approximate surface area is 123 Å². The molecule has 0 amide bonds. The second-order valence-corrected chi connectivity index (χ2v) is 4.68. The summed E-state index contributed by atoms with van der Waals surface area (Å²) >= 11 is 11.9. The van der Waals surface area contributed by atoms with Gasteiger partial charge in [0.15, 0.2) is 0 Å². The lowest BCUT2D eigenvalue weighted by atomic mass is 10.0. The van der Waals surface area contributed by atoms with Gasteiger partial charge in [-0.2, -0.15) is 0 Å². The van der Waals surface area contributed by atoms with Gasteiger partial charge in [0.1, 0.15) is 0 Å². The number of hydrogen-bond acceptors (Lipinski definition) is 1. The van der Waals surface area contributed by atoms with Gasteiger partial charge in [0.05, 0.1) is 10.0 Å². The molecule has 0 saturated carbocycles. The highest BCUT2D eigenvalue weighted by atomic mass is 35.5. The van der Waals surface area contributed by atoms with Crippen molar-refractivity contribution in [3.63, 3.8) is 0 Å². The molecule has 0 aliphatic carbocycles. The van der Waals surface area contributed by atoms with E-state index in [-0.39, 0.29) is 12.4 Å². The maximum absolute atomic E-state index is 6.00. The van der Waals surface area contributed by atoms with E-state index in [2.05, 4.69) is 24.3 Å². The van der Waals surface area contributed by atoms with Crippen molar-refractivity contribution in [2.45, 2.75) is 6.42 Å². The first-order valence-corrected chi connectivity index (χ1v) is 6.21. The summed E-state index contributed by atoms with van der Waals surface area (Å²) in [6.45, 7) is 0.673. The van der Waals surface area contributed by atoms with Gasteiger partial charge >= 0.3 is 0 Å². The van der Waals surface area contributed by atoms with Gasteiger partial charge in [-0.15, -0.1) is 12.4 Å². The van der Waals surface area contributed by atoms with Crippen LogP contribution in [0.3, 0.4) is 0 Å². The lowest BCUT2D eigenvalue weighted by Gasteiger charge is -2.05. The summed E-state index contributed by atoms with van der Waals surface area (Å²) < 4.78 is 0. The average molecular weight is 303 g/mol. The molecule has 2 aromatic rings. The second kappa shape index (κ2) is 7.01. The van der Waals surface area contributed by atoms with Crippen LogP contribution in [-0.2, 0) is 6.42 Å². The lowest BCUT2D eigenvalue weighted by Crippen LogP contribution is -2.02. The van der Waals surface area contributed by atoms with E-state index in [9.17, 15) is 0 Å². The SMILES string of the molecule is Cl.NCCc1ccc(-c2ccc(Cl)c(Cl)c2)cc1. The molecule has 0 aromatic heterocycles. The number of hydrogen-bond donors (Lipinski definition) is 1. The van der Waals surface area contributed by atoms with Crippen LogP contribution in [0, 0.1) is 0 Å². The smallest absolute Gasteiger partial charge is 0.0598 e. The molecule has 0 heterocycles. The van der Waals surface area contributed by atoms with Crippen molar-refractivity contribution >= 4 is 35.6 Å². The third-order valence-corrected chi connectivity index (χ3v) is 3.38. The molecular weight excluding hydrogens is 289 g/mol. The van der Waals surface area contributed by atoms with Crippen molar-refractivity contribution in [3.8, 4) is 11.1 Å². The van der Waals surface area contributed by atoms with Gasteiger partial charge in [-0.1, -0.05) is 53.5 Å². The van der Waals surface area contributed by atoms with E-state index in [4.69, 9.17) is 28.9 Å². The molecule has 0 spiro atoms. The van der Waals surface area contributed by atoms with Crippen LogP contribution in [0.5, 0.6) is 0 Å². The maximum Gasteiger partial charge on any atom is 0.0598 e. The second-order valence-electron chi connectivity index (χ2n) is 3.86. The van der Waals surface area contributed by atoms with Crippen molar-refractivity contribution < 1.29 is 0 Å². The van der Waals surface area contributed by atoms with Gasteiger partial charge < -0.3 is 5.73 Å². The number of nitrogens with two attached hydrogens (primary N) is 1. The molecule has 0 unspecified atom stereocenters. The molecule has 0 bridgehead atoms. The normalized spacial score (nSPS) is 9.94. The van der Waals surface area contributed by atoms with Crippen LogP contribution in [0.25, 0.3) is 11.1 Å². The van der Waals surface area contributed by atoms with Gasteiger partial charge in [-0.25, -0.2) is 0 Å². The molecule has 0 radical (unpaired) electrons. The largest absolute Gasteiger partial charge is 0.330 e. The van der Waals surface area contributed by atoms with E-state index in [1.165, 1.54) is 5.56 Å². The van der Waals surface area contributed by atoms with E-state index in [0.29, 0.717) is 16.6 Å². The highest BCUT2D eigenvalue weighted by molar-refractivity contribution is 6.42. The van der Waals surface area contributed by atoms with Crippen molar-refractivity contribution in [1.29, 1.82) is 0 Å². The van der Waals surface area contributed by atoms with Gasteiger partial charge in [-0.3, -0.25) is 0 Å². The maximum atomic E-state index is 6.00. The number of halogens is 3. The highest BCUT2D eigenvalue weighted by Gasteiger charge is 2.02. The van der Waals surface area contributed by atoms with Crippen LogP contribution < -0.4 is 5.73 Å². The zero-order chi connectivity index (χ0) is 12.3. The van der Waals surface area contributed by atoms with E-state index < -0.39 is 0 Å². The molecule has 0 atom stereocenters.